The first-order valence-electron chi connectivity index (χ1n) is 8.01. The van der Waals surface area contributed by atoms with Crippen molar-refractivity contribution in [3.05, 3.63) is 65.2 Å². The molecule has 0 heterocycles. The number of hydrogen-bond acceptors (Lipinski definition) is 3. The molecular weight excluding hydrogens is 300 g/mol. The first kappa shape index (κ1) is 17.6. The van der Waals surface area contributed by atoms with Gasteiger partial charge >= 0.3 is 0 Å². The molecular formula is C20H22N2O2. The third kappa shape index (κ3) is 5.13. The fourth-order valence-corrected chi connectivity index (χ4v) is 2.32. The number of amides is 1. The number of nitriles is 1. The van der Waals surface area contributed by atoms with Crippen molar-refractivity contribution >= 4 is 5.91 Å². The third-order valence-electron chi connectivity index (χ3n) is 3.91. The van der Waals surface area contributed by atoms with Gasteiger partial charge in [0.25, 0.3) is 0 Å². The highest BCUT2D eigenvalue weighted by Gasteiger charge is 2.09. The molecule has 0 unspecified atom stereocenters. The van der Waals surface area contributed by atoms with Crippen molar-refractivity contribution in [3.63, 3.8) is 0 Å². The van der Waals surface area contributed by atoms with E-state index in [1.165, 1.54) is 0 Å². The summed E-state index contributed by atoms with van der Waals surface area (Å²) in [7, 11) is 1.79. The lowest BCUT2D eigenvalue weighted by atomic mass is 10.1. The van der Waals surface area contributed by atoms with E-state index in [1.54, 1.807) is 24.1 Å². The van der Waals surface area contributed by atoms with Crippen LogP contribution in [0.25, 0.3) is 0 Å². The highest BCUT2D eigenvalue weighted by Crippen LogP contribution is 2.16. The van der Waals surface area contributed by atoms with Gasteiger partial charge in [0.15, 0.2) is 0 Å². The highest BCUT2D eigenvalue weighted by atomic mass is 16.5. The molecule has 2 aromatic rings. The second kappa shape index (κ2) is 8.73. The molecule has 2 aromatic carbocycles. The van der Waals surface area contributed by atoms with Crippen LogP contribution in [0.5, 0.6) is 5.75 Å². The van der Waals surface area contributed by atoms with E-state index < -0.39 is 0 Å². The number of carbonyl (C=O) groups excluding carboxylic acids is 1. The summed E-state index contributed by atoms with van der Waals surface area (Å²) in [6, 6.07) is 17.3. The van der Waals surface area contributed by atoms with Crippen LogP contribution < -0.4 is 4.74 Å². The largest absolute Gasteiger partial charge is 0.491 e. The van der Waals surface area contributed by atoms with Crippen LogP contribution in [0.4, 0.5) is 0 Å². The van der Waals surface area contributed by atoms with Crippen LogP contribution in [-0.2, 0) is 11.2 Å². The Morgan fingerprint density at radius 1 is 1.17 bits per heavy atom. The molecule has 0 bridgehead atoms. The molecule has 0 aliphatic heterocycles. The van der Waals surface area contributed by atoms with E-state index in [4.69, 9.17) is 10.00 Å². The van der Waals surface area contributed by atoms with E-state index in [-0.39, 0.29) is 5.91 Å². The van der Waals surface area contributed by atoms with Gasteiger partial charge in [-0.3, -0.25) is 4.79 Å². The third-order valence-corrected chi connectivity index (χ3v) is 3.91. The summed E-state index contributed by atoms with van der Waals surface area (Å²) >= 11 is 0. The van der Waals surface area contributed by atoms with Crippen molar-refractivity contribution in [2.75, 3.05) is 20.2 Å². The minimum atomic E-state index is 0.0905. The quantitative estimate of drug-likeness (QED) is 0.785. The molecule has 4 heteroatoms. The number of carbonyl (C=O) groups is 1. The Morgan fingerprint density at radius 3 is 2.54 bits per heavy atom. The monoisotopic (exact) mass is 322 g/mol. The molecule has 0 aliphatic rings. The normalized spacial score (nSPS) is 10.0. The number of ether oxygens (including phenoxy) is 1. The van der Waals surface area contributed by atoms with E-state index in [9.17, 15) is 4.79 Å². The average Bonchev–Trinajstić information content (AvgIpc) is 2.61. The molecule has 0 aromatic heterocycles. The number of para-hydroxylation sites is 1. The minimum absolute atomic E-state index is 0.0905. The van der Waals surface area contributed by atoms with Crippen molar-refractivity contribution in [1.82, 2.24) is 4.90 Å². The maximum atomic E-state index is 12.2. The first-order valence-corrected chi connectivity index (χ1v) is 8.01. The smallest absolute Gasteiger partial charge is 0.222 e. The van der Waals surface area contributed by atoms with Crippen molar-refractivity contribution in [2.45, 2.75) is 19.8 Å². The van der Waals surface area contributed by atoms with Gasteiger partial charge < -0.3 is 9.64 Å². The average molecular weight is 322 g/mol. The number of rotatable bonds is 7. The molecule has 0 saturated heterocycles. The summed E-state index contributed by atoms with van der Waals surface area (Å²) in [5.41, 5.74) is 2.79. The van der Waals surface area contributed by atoms with Gasteiger partial charge in [-0.25, -0.2) is 0 Å². The summed E-state index contributed by atoms with van der Waals surface area (Å²) in [5.74, 6) is 0.948. The minimum Gasteiger partial charge on any atom is -0.491 e. The van der Waals surface area contributed by atoms with Crippen LogP contribution >= 0.6 is 0 Å². The first-order chi connectivity index (χ1) is 11.6. The molecule has 0 N–H and O–H groups in total. The molecule has 1 amide bonds. The maximum Gasteiger partial charge on any atom is 0.222 e. The number of nitrogens with zero attached hydrogens (tertiary/aromatic N) is 2. The van der Waals surface area contributed by atoms with Crippen LogP contribution in [-0.4, -0.2) is 31.0 Å². The molecule has 0 radical (unpaired) electrons. The molecule has 0 saturated carbocycles. The second-order valence-electron chi connectivity index (χ2n) is 5.74. The standard InChI is InChI=1S/C20H22N2O2/c1-16-5-3-4-6-19(16)24-14-13-22(2)20(23)12-11-17-7-9-18(15-21)10-8-17/h3-10H,11-14H2,1-2H3. The topological polar surface area (TPSA) is 53.3 Å². The van der Waals surface area contributed by atoms with Crippen LogP contribution in [0, 0.1) is 18.3 Å². The van der Waals surface area contributed by atoms with Gasteiger partial charge in [0.2, 0.25) is 5.91 Å². The molecule has 4 nitrogen and oxygen atoms in total. The fourth-order valence-electron chi connectivity index (χ4n) is 2.32. The van der Waals surface area contributed by atoms with Crippen molar-refractivity contribution in [1.29, 1.82) is 5.26 Å². The molecule has 2 rings (SSSR count). The van der Waals surface area contributed by atoms with Crippen LogP contribution in [0.1, 0.15) is 23.1 Å². The molecule has 0 atom stereocenters. The number of hydrogen-bond donors (Lipinski definition) is 0. The molecule has 0 spiro atoms. The van der Waals surface area contributed by atoms with Crippen molar-refractivity contribution in [2.24, 2.45) is 0 Å². The Labute approximate surface area is 143 Å². The van der Waals surface area contributed by atoms with Gasteiger partial charge in [-0.2, -0.15) is 5.26 Å². The summed E-state index contributed by atoms with van der Waals surface area (Å²) in [5, 5.41) is 8.78. The van der Waals surface area contributed by atoms with Crippen LogP contribution in [0.2, 0.25) is 0 Å². The van der Waals surface area contributed by atoms with E-state index in [1.807, 2.05) is 43.3 Å². The Bertz CT molecular complexity index is 717. The van der Waals surface area contributed by atoms with Gasteiger partial charge in [0.1, 0.15) is 12.4 Å². The van der Waals surface area contributed by atoms with E-state index >= 15 is 0 Å². The lowest BCUT2D eigenvalue weighted by molar-refractivity contribution is -0.130. The summed E-state index contributed by atoms with van der Waals surface area (Å²) < 4.78 is 5.72. The zero-order chi connectivity index (χ0) is 17.4. The maximum absolute atomic E-state index is 12.2. The van der Waals surface area contributed by atoms with Gasteiger partial charge in [-0.1, -0.05) is 30.3 Å². The fraction of sp³-hybridized carbons (Fsp3) is 0.300. The zero-order valence-corrected chi connectivity index (χ0v) is 14.2. The lowest BCUT2D eigenvalue weighted by Crippen LogP contribution is -2.31. The SMILES string of the molecule is Cc1ccccc1OCCN(C)C(=O)CCc1ccc(C#N)cc1. The van der Waals surface area contributed by atoms with E-state index in [0.29, 0.717) is 31.6 Å². The van der Waals surface area contributed by atoms with Gasteiger partial charge in [0, 0.05) is 13.5 Å². The van der Waals surface area contributed by atoms with Crippen LogP contribution in [0.15, 0.2) is 48.5 Å². The Hall–Kier alpha value is -2.80. The predicted molar refractivity (Wildman–Crippen MR) is 93.8 cm³/mol. The summed E-state index contributed by atoms with van der Waals surface area (Å²) in [6.45, 7) is 3.03. The molecule has 0 fully saturated rings. The van der Waals surface area contributed by atoms with Gasteiger partial charge in [-0.15, -0.1) is 0 Å². The second-order valence-corrected chi connectivity index (χ2v) is 5.74. The predicted octanol–water partition coefficient (Wildman–Crippen LogP) is 3.34. The van der Waals surface area contributed by atoms with Crippen molar-refractivity contribution in [3.8, 4) is 11.8 Å². The highest BCUT2D eigenvalue weighted by molar-refractivity contribution is 5.76. The number of aryl methyl sites for hydroxylation is 2. The van der Waals surface area contributed by atoms with Crippen molar-refractivity contribution < 1.29 is 9.53 Å². The number of benzene rings is 2. The van der Waals surface area contributed by atoms with E-state index in [2.05, 4.69) is 6.07 Å². The van der Waals surface area contributed by atoms with Crippen LogP contribution in [0.3, 0.4) is 0 Å². The molecule has 24 heavy (non-hydrogen) atoms. The molecule has 124 valence electrons. The lowest BCUT2D eigenvalue weighted by Gasteiger charge is -2.18. The van der Waals surface area contributed by atoms with E-state index in [0.717, 1.165) is 16.9 Å². The Balaban J connectivity index is 1.73. The van der Waals surface area contributed by atoms with Gasteiger partial charge in [0.05, 0.1) is 18.2 Å². The number of likely N-dealkylation sites (N-methyl/N-ethyl adjacent to an activating group) is 1. The van der Waals surface area contributed by atoms with Gasteiger partial charge in [-0.05, 0) is 42.7 Å². The zero-order valence-electron chi connectivity index (χ0n) is 14.2. The summed E-state index contributed by atoms with van der Waals surface area (Å²) in [4.78, 5) is 13.9. The Morgan fingerprint density at radius 2 is 1.88 bits per heavy atom. The molecule has 0 aliphatic carbocycles. The Kier molecular flexibility index (Phi) is 6.39. The summed E-state index contributed by atoms with van der Waals surface area (Å²) in [6.07, 6.45) is 1.13.